The lowest BCUT2D eigenvalue weighted by atomic mass is 10.2. The van der Waals surface area contributed by atoms with E-state index in [9.17, 15) is 4.79 Å². The average molecular weight is 370 g/mol. The van der Waals surface area contributed by atoms with Crippen molar-refractivity contribution in [1.82, 2.24) is 30.1 Å². The molecular formula is C17H18N6O2S. The number of carbonyl (C=O) groups excluding carboxylic acids is 1. The monoisotopic (exact) mass is 370 g/mol. The van der Waals surface area contributed by atoms with Gasteiger partial charge in [-0.1, -0.05) is 0 Å². The summed E-state index contributed by atoms with van der Waals surface area (Å²) in [6, 6.07) is 7.26. The maximum absolute atomic E-state index is 12.7. The van der Waals surface area contributed by atoms with Gasteiger partial charge in [0, 0.05) is 24.0 Å². The van der Waals surface area contributed by atoms with Crippen LogP contribution in [0.4, 0.5) is 0 Å². The summed E-state index contributed by atoms with van der Waals surface area (Å²) in [5.74, 6) is 0.0175. The smallest absolute Gasteiger partial charge is 0.253 e. The van der Waals surface area contributed by atoms with Crippen molar-refractivity contribution >= 4 is 17.2 Å². The first kappa shape index (κ1) is 16.8. The second-order valence-corrected chi connectivity index (χ2v) is 7.19. The maximum atomic E-state index is 12.7. The number of hydrogen-bond acceptors (Lipinski definition) is 7. The Balaban J connectivity index is 1.33. The number of aryl methyl sites for hydroxylation is 1. The lowest BCUT2D eigenvalue weighted by Gasteiger charge is -2.17. The van der Waals surface area contributed by atoms with E-state index in [-0.39, 0.29) is 12.0 Å². The molecule has 0 aliphatic carbocycles. The molecule has 9 heteroatoms. The van der Waals surface area contributed by atoms with Crippen LogP contribution in [0.5, 0.6) is 0 Å². The van der Waals surface area contributed by atoms with Gasteiger partial charge in [-0.05, 0) is 48.0 Å². The zero-order valence-corrected chi connectivity index (χ0v) is 15.1. The van der Waals surface area contributed by atoms with E-state index in [0.29, 0.717) is 25.3 Å². The fourth-order valence-corrected chi connectivity index (χ4v) is 3.54. The first-order valence-corrected chi connectivity index (χ1v) is 9.22. The molecule has 3 heterocycles. The van der Waals surface area contributed by atoms with E-state index in [0.717, 1.165) is 22.8 Å². The van der Waals surface area contributed by atoms with Crippen LogP contribution in [-0.2, 0) is 11.3 Å². The number of benzene rings is 1. The van der Waals surface area contributed by atoms with Crippen molar-refractivity contribution in [2.45, 2.75) is 26.1 Å². The minimum atomic E-state index is 0.0175. The highest BCUT2D eigenvalue weighted by atomic mass is 32.1. The molecule has 1 saturated heterocycles. The highest BCUT2D eigenvalue weighted by Gasteiger charge is 2.27. The summed E-state index contributed by atoms with van der Waals surface area (Å²) in [6.45, 7) is 3.79. The number of thiazole rings is 1. The molecule has 0 N–H and O–H groups in total. The van der Waals surface area contributed by atoms with Crippen molar-refractivity contribution in [2.75, 3.05) is 13.1 Å². The van der Waals surface area contributed by atoms with E-state index in [1.807, 2.05) is 29.3 Å². The quantitative estimate of drug-likeness (QED) is 0.681. The van der Waals surface area contributed by atoms with E-state index in [1.165, 1.54) is 6.33 Å². The molecule has 0 saturated carbocycles. The molecule has 26 heavy (non-hydrogen) atoms. The van der Waals surface area contributed by atoms with E-state index in [1.54, 1.807) is 28.2 Å². The minimum absolute atomic E-state index is 0.0175. The van der Waals surface area contributed by atoms with Gasteiger partial charge in [0.05, 0.1) is 29.1 Å². The minimum Gasteiger partial charge on any atom is -0.370 e. The zero-order chi connectivity index (χ0) is 17.9. The predicted molar refractivity (Wildman–Crippen MR) is 95.1 cm³/mol. The van der Waals surface area contributed by atoms with Crippen molar-refractivity contribution in [3.63, 3.8) is 0 Å². The van der Waals surface area contributed by atoms with E-state index >= 15 is 0 Å². The van der Waals surface area contributed by atoms with Gasteiger partial charge in [-0.3, -0.25) is 4.79 Å². The van der Waals surface area contributed by atoms with E-state index < -0.39 is 0 Å². The number of nitrogens with zero attached hydrogens (tertiary/aromatic N) is 6. The van der Waals surface area contributed by atoms with Crippen LogP contribution in [-0.4, -0.2) is 55.2 Å². The van der Waals surface area contributed by atoms with Gasteiger partial charge in [-0.2, -0.15) is 0 Å². The molecule has 1 amide bonds. The van der Waals surface area contributed by atoms with Crippen molar-refractivity contribution in [3.05, 3.63) is 52.2 Å². The van der Waals surface area contributed by atoms with Gasteiger partial charge in [0.15, 0.2) is 0 Å². The Kier molecular flexibility index (Phi) is 4.72. The third-order valence-electron chi connectivity index (χ3n) is 4.29. The molecule has 1 fully saturated rings. The SMILES string of the molecule is Cc1nc(CO[C@H]2CCN(C(=O)c3ccc(-n4cnnn4)cc3)C2)cs1. The third kappa shape index (κ3) is 3.63. The van der Waals surface area contributed by atoms with Crippen LogP contribution in [0.15, 0.2) is 36.0 Å². The summed E-state index contributed by atoms with van der Waals surface area (Å²) >= 11 is 1.62. The summed E-state index contributed by atoms with van der Waals surface area (Å²) in [7, 11) is 0. The number of amides is 1. The Bertz CT molecular complexity index is 877. The number of hydrogen-bond donors (Lipinski definition) is 0. The number of aromatic nitrogens is 5. The van der Waals surface area contributed by atoms with Crippen LogP contribution in [0.3, 0.4) is 0 Å². The largest absolute Gasteiger partial charge is 0.370 e. The number of ether oxygens (including phenoxy) is 1. The standard InChI is InChI=1S/C17H18N6O2S/c1-12-19-14(10-26-12)9-25-16-6-7-22(8-16)17(24)13-2-4-15(5-3-13)23-11-18-20-21-23/h2-5,10-11,16H,6-9H2,1H3/t16-/m0/s1. The molecule has 1 aliphatic rings. The average Bonchev–Trinajstić information content (AvgIpc) is 3.41. The lowest BCUT2D eigenvalue weighted by molar-refractivity contribution is 0.0424. The topological polar surface area (TPSA) is 86.0 Å². The molecule has 134 valence electrons. The van der Waals surface area contributed by atoms with Crippen LogP contribution in [0.25, 0.3) is 5.69 Å². The van der Waals surface area contributed by atoms with Gasteiger partial charge >= 0.3 is 0 Å². The lowest BCUT2D eigenvalue weighted by Crippen LogP contribution is -2.30. The van der Waals surface area contributed by atoms with E-state index in [4.69, 9.17) is 4.74 Å². The van der Waals surface area contributed by atoms with Gasteiger partial charge in [-0.15, -0.1) is 16.4 Å². The first-order valence-electron chi connectivity index (χ1n) is 8.34. The Morgan fingerprint density at radius 1 is 1.35 bits per heavy atom. The molecule has 1 aromatic carbocycles. The van der Waals surface area contributed by atoms with Gasteiger partial charge in [0.25, 0.3) is 5.91 Å². The first-order chi connectivity index (χ1) is 12.7. The Labute approximate surface area is 154 Å². The summed E-state index contributed by atoms with van der Waals surface area (Å²) in [5, 5.41) is 14.1. The summed E-state index contributed by atoms with van der Waals surface area (Å²) in [5.41, 5.74) is 2.42. The summed E-state index contributed by atoms with van der Waals surface area (Å²) in [6.07, 6.45) is 2.42. The van der Waals surface area contributed by atoms with Gasteiger partial charge in [0.2, 0.25) is 0 Å². The summed E-state index contributed by atoms with van der Waals surface area (Å²) < 4.78 is 7.46. The fraction of sp³-hybridized carbons (Fsp3) is 0.353. The van der Waals surface area contributed by atoms with Gasteiger partial charge in [-0.25, -0.2) is 9.67 Å². The highest BCUT2D eigenvalue weighted by Crippen LogP contribution is 2.19. The van der Waals surface area contributed by atoms with Crippen LogP contribution < -0.4 is 0 Å². The molecular weight excluding hydrogens is 352 g/mol. The highest BCUT2D eigenvalue weighted by molar-refractivity contribution is 7.09. The number of tetrazole rings is 1. The predicted octanol–water partition coefficient (Wildman–Crippen LogP) is 1.86. The van der Waals surface area contributed by atoms with Crippen molar-refractivity contribution in [1.29, 1.82) is 0 Å². The second kappa shape index (κ2) is 7.30. The molecule has 3 aromatic rings. The summed E-state index contributed by atoms with van der Waals surface area (Å²) in [4.78, 5) is 18.9. The van der Waals surface area contributed by atoms with Crippen molar-refractivity contribution < 1.29 is 9.53 Å². The molecule has 1 aliphatic heterocycles. The van der Waals surface area contributed by atoms with Crippen LogP contribution >= 0.6 is 11.3 Å². The van der Waals surface area contributed by atoms with Crippen LogP contribution in [0.1, 0.15) is 27.5 Å². The van der Waals surface area contributed by atoms with Gasteiger partial charge in [0.1, 0.15) is 6.33 Å². The molecule has 2 aromatic heterocycles. The molecule has 0 bridgehead atoms. The maximum Gasteiger partial charge on any atom is 0.253 e. The second-order valence-electron chi connectivity index (χ2n) is 6.13. The normalized spacial score (nSPS) is 17.0. The van der Waals surface area contributed by atoms with Gasteiger partial charge < -0.3 is 9.64 Å². The van der Waals surface area contributed by atoms with Crippen LogP contribution in [0.2, 0.25) is 0 Å². The Hall–Kier alpha value is -2.65. The number of carbonyl (C=O) groups is 1. The Morgan fingerprint density at radius 3 is 2.88 bits per heavy atom. The molecule has 0 unspecified atom stereocenters. The zero-order valence-electron chi connectivity index (χ0n) is 14.3. The molecule has 8 nitrogen and oxygen atoms in total. The fourth-order valence-electron chi connectivity index (χ4n) is 2.95. The number of likely N-dealkylation sites (tertiary alicyclic amines) is 1. The van der Waals surface area contributed by atoms with Crippen LogP contribution in [0, 0.1) is 6.92 Å². The molecule has 1 atom stereocenters. The molecule has 4 rings (SSSR count). The van der Waals surface area contributed by atoms with Crippen molar-refractivity contribution in [2.24, 2.45) is 0 Å². The molecule has 0 radical (unpaired) electrons. The number of rotatable bonds is 5. The molecule has 0 spiro atoms. The van der Waals surface area contributed by atoms with Crippen molar-refractivity contribution in [3.8, 4) is 5.69 Å². The van der Waals surface area contributed by atoms with E-state index in [2.05, 4.69) is 20.5 Å². The third-order valence-corrected chi connectivity index (χ3v) is 5.12. The Morgan fingerprint density at radius 2 is 2.19 bits per heavy atom.